The van der Waals surface area contributed by atoms with Crippen LogP contribution in [0.3, 0.4) is 0 Å². The number of rotatable bonds is 4. The number of thioether (sulfide) groups is 1. The fraction of sp³-hybridized carbons (Fsp3) is 0.158. The van der Waals surface area contributed by atoms with Crippen molar-refractivity contribution in [1.82, 2.24) is 15.0 Å². The van der Waals surface area contributed by atoms with E-state index in [0.29, 0.717) is 11.6 Å². The van der Waals surface area contributed by atoms with E-state index in [-0.39, 0.29) is 17.1 Å². The Kier molecular flexibility index (Phi) is 5.00. The van der Waals surface area contributed by atoms with Crippen LogP contribution in [-0.4, -0.2) is 26.1 Å². The van der Waals surface area contributed by atoms with Crippen LogP contribution < -0.4 is 10.6 Å². The van der Waals surface area contributed by atoms with Crippen molar-refractivity contribution < 1.29 is 4.79 Å². The molecule has 1 atom stereocenters. The summed E-state index contributed by atoms with van der Waals surface area (Å²) in [5.74, 6) is 0.154. The highest BCUT2D eigenvalue weighted by Crippen LogP contribution is 2.48. The van der Waals surface area contributed by atoms with Crippen LogP contribution in [-0.2, 0) is 4.79 Å². The molecule has 1 aliphatic heterocycles. The molecule has 0 bridgehead atoms. The van der Waals surface area contributed by atoms with E-state index in [4.69, 9.17) is 5.73 Å². The van der Waals surface area contributed by atoms with Crippen LogP contribution in [0.5, 0.6) is 0 Å². The minimum absolute atomic E-state index is 0.00156. The molecule has 1 aromatic heterocycles. The minimum atomic E-state index is -0.337. The number of benzene rings is 2. The van der Waals surface area contributed by atoms with Crippen molar-refractivity contribution >= 4 is 46.8 Å². The molecule has 136 valence electrons. The molecule has 0 fully saturated rings. The molecule has 0 radical (unpaired) electrons. The Morgan fingerprint density at radius 1 is 1.11 bits per heavy atom. The fourth-order valence-electron chi connectivity index (χ4n) is 2.87. The van der Waals surface area contributed by atoms with Gasteiger partial charge in [0.2, 0.25) is 11.9 Å². The molecule has 1 amide bonds. The first-order valence-electron chi connectivity index (χ1n) is 8.48. The normalized spacial score (nSPS) is 13.6. The van der Waals surface area contributed by atoms with E-state index in [9.17, 15) is 4.79 Å². The molecule has 0 aliphatic carbocycles. The maximum atomic E-state index is 13.5. The molecule has 6 nitrogen and oxygen atoms in total. The van der Waals surface area contributed by atoms with Gasteiger partial charge in [0.15, 0.2) is 5.16 Å². The second-order valence-corrected chi connectivity index (χ2v) is 8.11. The van der Waals surface area contributed by atoms with Gasteiger partial charge in [-0.05, 0) is 30.7 Å². The lowest BCUT2D eigenvalue weighted by Crippen LogP contribution is -2.35. The van der Waals surface area contributed by atoms with Gasteiger partial charge < -0.3 is 5.73 Å². The van der Waals surface area contributed by atoms with E-state index in [1.54, 1.807) is 11.8 Å². The van der Waals surface area contributed by atoms with Crippen LogP contribution in [0, 0.1) is 0 Å². The molecule has 0 saturated carbocycles. The number of aromatic nitrogens is 3. The highest BCUT2D eigenvalue weighted by atomic mass is 32.2. The quantitative estimate of drug-likeness (QED) is 0.664. The van der Waals surface area contributed by atoms with Gasteiger partial charge in [-0.1, -0.05) is 54.7 Å². The number of hydrogen-bond acceptors (Lipinski definition) is 7. The Hall–Kier alpha value is -2.58. The second-order valence-electron chi connectivity index (χ2n) is 5.85. The monoisotopic (exact) mass is 395 g/mol. The van der Waals surface area contributed by atoms with Gasteiger partial charge in [-0.15, -0.1) is 0 Å². The first-order valence-corrected chi connectivity index (χ1v) is 10.2. The highest BCUT2D eigenvalue weighted by molar-refractivity contribution is 8.00. The topological polar surface area (TPSA) is 85.0 Å². The van der Waals surface area contributed by atoms with Gasteiger partial charge in [0.1, 0.15) is 6.33 Å². The van der Waals surface area contributed by atoms with Gasteiger partial charge >= 0.3 is 0 Å². The molecule has 3 aromatic rings. The number of nitrogens with zero attached hydrogens (tertiary/aromatic N) is 4. The number of amides is 1. The highest BCUT2D eigenvalue weighted by Gasteiger charge is 2.32. The first-order chi connectivity index (χ1) is 13.2. The zero-order valence-corrected chi connectivity index (χ0v) is 16.2. The lowest BCUT2D eigenvalue weighted by atomic mass is 10.2. The Bertz CT molecular complexity index is 952. The molecule has 27 heavy (non-hydrogen) atoms. The average Bonchev–Trinajstić information content (AvgIpc) is 2.69. The molecular formula is C19H17N5OS2. The van der Waals surface area contributed by atoms with Crippen LogP contribution >= 0.6 is 23.5 Å². The van der Waals surface area contributed by atoms with E-state index in [0.717, 1.165) is 21.2 Å². The van der Waals surface area contributed by atoms with Gasteiger partial charge in [-0.2, -0.15) is 4.98 Å². The summed E-state index contributed by atoms with van der Waals surface area (Å²) in [7, 11) is 0. The smallest absolute Gasteiger partial charge is 0.245 e. The van der Waals surface area contributed by atoms with Crippen molar-refractivity contribution in [3.05, 3.63) is 54.9 Å². The van der Waals surface area contributed by atoms with Gasteiger partial charge in [-0.3, -0.25) is 9.69 Å². The molecule has 2 heterocycles. The molecule has 0 spiro atoms. The average molecular weight is 396 g/mol. The number of carbonyl (C=O) groups excluding carboxylic acids is 1. The third kappa shape index (κ3) is 3.50. The van der Waals surface area contributed by atoms with E-state index in [1.165, 1.54) is 18.1 Å². The third-order valence-electron chi connectivity index (χ3n) is 4.11. The fourth-order valence-corrected chi connectivity index (χ4v) is 4.81. The van der Waals surface area contributed by atoms with Gasteiger partial charge in [0.05, 0.1) is 16.6 Å². The standard InChI is InChI=1S/C19H17N5OS2/c1-2-14(27-19-22-11-21-18(20)23-19)17(25)24-12-7-3-5-9-15(12)26-16-10-6-4-8-13(16)24/h3-11,14H,2H2,1H3,(H2,20,21,22,23). The van der Waals surface area contributed by atoms with Crippen molar-refractivity contribution in [2.24, 2.45) is 0 Å². The summed E-state index contributed by atoms with van der Waals surface area (Å²) in [6, 6.07) is 15.9. The molecule has 2 N–H and O–H groups in total. The maximum absolute atomic E-state index is 13.5. The predicted molar refractivity (Wildman–Crippen MR) is 108 cm³/mol. The zero-order chi connectivity index (χ0) is 18.8. The van der Waals surface area contributed by atoms with Crippen molar-refractivity contribution in [2.75, 3.05) is 10.6 Å². The van der Waals surface area contributed by atoms with Gasteiger partial charge in [-0.25, -0.2) is 9.97 Å². The van der Waals surface area contributed by atoms with E-state index < -0.39 is 0 Å². The number of nitrogens with two attached hydrogens (primary N) is 1. The number of fused-ring (bicyclic) bond motifs is 2. The third-order valence-corrected chi connectivity index (χ3v) is 6.47. The van der Waals surface area contributed by atoms with Crippen molar-refractivity contribution in [3.8, 4) is 0 Å². The molecule has 4 rings (SSSR count). The summed E-state index contributed by atoms with van der Waals surface area (Å²) in [5, 5.41) is 0.117. The lowest BCUT2D eigenvalue weighted by molar-refractivity contribution is -0.117. The molecule has 2 aromatic carbocycles. The predicted octanol–water partition coefficient (Wildman–Crippen LogP) is 4.15. The molecule has 1 aliphatic rings. The van der Waals surface area contributed by atoms with Crippen LogP contribution in [0.25, 0.3) is 0 Å². The minimum Gasteiger partial charge on any atom is -0.368 e. The summed E-state index contributed by atoms with van der Waals surface area (Å²) in [6.07, 6.45) is 2.01. The first kappa shape index (κ1) is 17.8. The van der Waals surface area contributed by atoms with Crippen molar-refractivity contribution in [2.45, 2.75) is 33.5 Å². The van der Waals surface area contributed by atoms with E-state index >= 15 is 0 Å². The van der Waals surface area contributed by atoms with E-state index in [2.05, 4.69) is 15.0 Å². The van der Waals surface area contributed by atoms with Gasteiger partial charge in [0, 0.05) is 9.79 Å². The Morgan fingerprint density at radius 2 is 1.74 bits per heavy atom. The number of para-hydroxylation sites is 2. The number of hydrogen-bond donors (Lipinski definition) is 1. The molecule has 0 saturated heterocycles. The Balaban J connectivity index is 1.72. The van der Waals surface area contributed by atoms with Crippen LogP contribution in [0.1, 0.15) is 13.3 Å². The Labute approximate surface area is 165 Å². The summed E-state index contributed by atoms with van der Waals surface area (Å²) >= 11 is 2.99. The van der Waals surface area contributed by atoms with Crippen molar-refractivity contribution in [3.63, 3.8) is 0 Å². The largest absolute Gasteiger partial charge is 0.368 e. The lowest BCUT2D eigenvalue weighted by Gasteiger charge is -2.33. The van der Waals surface area contributed by atoms with Crippen LogP contribution in [0.4, 0.5) is 17.3 Å². The maximum Gasteiger partial charge on any atom is 0.245 e. The SMILES string of the molecule is CCC(Sc1ncnc(N)n1)C(=O)N1c2ccccc2Sc2ccccc21. The summed E-state index contributed by atoms with van der Waals surface area (Å²) in [5.41, 5.74) is 7.45. The number of carbonyl (C=O) groups is 1. The number of nitrogen functional groups attached to an aromatic ring is 1. The Morgan fingerprint density at radius 3 is 2.33 bits per heavy atom. The zero-order valence-electron chi connectivity index (χ0n) is 14.6. The summed E-state index contributed by atoms with van der Waals surface area (Å²) in [6.45, 7) is 1.98. The molecule has 1 unspecified atom stereocenters. The van der Waals surface area contributed by atoms with Gasteiger partial charge in [0.25, 0.3) is 0 Å². The van der Waals surface area contributed by atoms with E-state index in [1.807, 2.05) is 60.4 Å². The van der Waals surface area contributed by atoms with Crippen LogP contribution in [0.15, 0.2) is 69.8 Å². The molecule has 8 heteroatoms. The summed E-state index contributed by atoms with van der Waals surface area (Å²) in [4.78, 5) is 29.5. The van der Waals surface area contributed by atoms with Crippen LogP contribution in [0.2, 0.25) is 0 Å². The number of anilines is 3. The second kappa shape index (κ2) is 7.58. The summed E-state index contributed by atoms with van der Waals surface area (Å²) < 4.78 is 0. The van der Waals surface area contributed by atoms with Crippen molar-refractivity contribution in [1.29, 1.82) is 0 Å². The molecular weight excluding hydrogens is 378 g/mol.